The van der Waals surface area contributed by atoms with Crippen molar-refractivity contribution in [1.29, 1.82) is 0 Å². The molecule has 122 valence electrons. The van der Waals surface area contributed by atoms with Gasteiger partial charge < -0.3 is 5.73 Å². The highest BCUT2D eigenvalue weighted by Crippen LogP contribution is 2.37. The number of aromatic nitrogens is 1. The third-order valence-corrected chi connectivity index (χ3v) is 5.16. The summed E-state index contributed by atoms with van der Waals surface area (Å²) in [5.41, 5.74) is 7.59. The van der Waals surface area contributed by atoms with Crippen LogP contribution >= 0.6 is 58.4 Å². The smallest absolute Gasteiger partial charge is 0.158 e. The van der Waals surface area contributed by atoms with Gasteiger partial charge in [0.15, 0.2) is 5.84 Å². The molecule has 24 heavy (non-hydrogen) atoms. The van der Waals surface area contributed by atoms with Gasteiger partial charge in [0.2, 0.25) is 0 Å². The fourth-order valence-corrected chi connectivity index (χ4v) is 3.94. The summed E-state index contributed by atoms with van der Waals surface area (Å²) in [7, 11) is 0. The van der Waals surface area contributed by atoms with Crippen LogP contribution in [0, 0.1) is 0 Å². The summed E-state index contributed by atoms with van der Waals surface area (Å²) < 4.78 is 4.26. The third-order valence-electron chi connectivity index (χ3n) is 3.06. The highest BCUT2D eigenvalue weighted by molar-refractivity contribution is 8.07. The number of aliphatic imine (C=N–C) groups is 1. The molecule has 0 saturated carbocycles. The van der Waals surface area contributed by atoms with Crippen LogP contribution in [0.3, 0.4) is 0 Å². The Labute approximate surface area is 162 Å². The summed E-state index contributed by atoms with van der Waals surface area (Å²) in [6, 6.07) is 6.72. The van der Waals surface area contributed by atoms with Crippen LogP contribution in [0.15, 0.2) is 51.2 Å². The van der Waals surface area contributed by atoms with Crippen LogP contribution in [0.25, 0.3) is 4.91 Å². The van der Waals surface area contributed by atoms with E-state index < -0.39 is 0 Å². The van der Waals surface area contributed by atoms with Gasteiger partial charge >= 0.3 is 0 Å². The van der Waals surface area contributed by atoms with Crippen molar-refractivity contribution in [3.63, 3.8) is 0 Å². The zero-order valence-electron chi connectivity index (χ0n) is 11.8. The summed E-state index contributed by atoms with van der Waals surface area (Å²) in [5, 5.41) is 1.26. The Morgan fingerprint density at radius 2 is 1.58 bits per heavy atom. The fraction of sp³-hybridized carbons (Fsp3) is 0. The van der Waals surface area contributed by atoms with Crippen molar-refractivity contribution in [1.82, 2.24) is 4.98 Å². The lowest BCUT2D eigenvalue weighted by Crippen LogP contribution is -2.24. The average molecular weight is 418 g/mol. The molecule has 1 aliphatic rings. The highest BCUT2D eigenvalue weighted by atomic mass is 35.5. The Hall–Kier alpha value is -1.24. The molecule has 0 fully saturated rings. The van der Waals surface area contributed by atoms with Crippen molar-refractivity contribution < 1.29 is 0 Å². The van der Waals surface area contributed by atoms with E-state index in [2.05, 4.69) is 14.4 Å². The van der Waals surface area contributed by atoms with Crippen molar-refractivity contribution >= 4 is 74.8 Å². The number of hydrogen-bond donors (Lipinski definition) is 1. The summed E-state index contributed by atoms with van der Waals surface area (Å²) in [4.78, 5) is 9.02. The summed E-state index contributed by atoms with van der Waals surface area (Å²) in [5.74, 6) is 0.160. The van der Waals surface area contributed by atoms with Crippen LogP contribution < -0.4 is 5.73 Å². The fourth-order valence-electron chi connectivity index (χ4n) is 2.01. The SMILES string of the molecule is NC1=NSC(c2ccncc2)=C(Cl)N=C1c1c(Cl)cc(Cl)cc1Cl. The number of pyridine rings is 1. The Balaban J connectivity index is 2.17. The van der Waals surface area contributed by atoms with E-state index in [1.165, 1.54) is 0 Å². The molecule has 1 aromatic carbocycles. The zero-order chi connectivity index (χ0) is 17.3. The lowest BCUT2D eigenvalue weighted by Gasteiger charge is -2.09. The molecule has 2 aromatic rings. The van der Waals surface area contributed by atoms with Crippen molar-refractivity contribution in [3.05, 3.63) is 68.0 Å². The van der Waals surface area contributed by atoms with Crippen LogP contribution in [0.4, 0.5) is 0 Å². The van der Waals surface area contributed by atoms with Crippen LogP contribution in [0.5, 0.6) is 0 Å². The Kier molecular flexibility index (Phi) is 5.37. The van der Waals surface area contributed by atoms with Gasteiger partial charge in [-0.1, -0.05) is 46.4 Å². The molecule has 0 spiro atoms. The van der Waals surface area contributed by atoms with E-state index in [4.69, 9.17) is 52.1 Å². The second-order valence-electron chi connectivity index (χ2n) is 4.63. The Morgan fingerprint density at radius 3 is 2.21 bits per heavy atom. The van der Waals surface area contributed by atoms with Gasteiger partial charge in [0, 0.05) is 34.9 Å². The first-order valence-corrected chi connectivity index (χ1v) is 8.80. The molecule has 0 unspecified atom stereocenters. The van der Waals surface area contributed by atoms with Crippen molar-refractivity contribution in [2.24, 2.45) is 15.1 Å². The monoisotopic (exact) mass is 416 g/mol. The molecule has 0 atom stereocenters. The Bertz CT molecular complexity index is 871. The van der Waals surface area contributed by atoms with Crippen LogP contribution in [0.1, 0.15) is 11.1 Å². The van der Waals surface area contributed by atoms with E-state index >= 15 is 0 Å². The van der Waals surface area contributed by atoms with E-state index in [0.717, 1.165) is 17.5 Å². The summed E-state index contributed by atoms with van der Waals surface area (Å²) >= 11 is 26.0. The molecule has 4 nitrogen and oxygen atoms in total. The number of rotatable bonds is 2. The first-order chi connectivity index (χ1) is 11.5. The molecular formula is C15H8Cl4N4S. The lowest BCUT2D eigenvalue weighted by molar-refractivity contribution is 1.32. The Morgan fingerprint density at radius 1 is 0.958 bits per heavy atom. The van der Waals surface area contributed by atoms with Crippen molar-refractivity contribution in [2.75, 3.05) is 0 Å². The predicted molar refractivity (Wildman–Crippen MR) is 104 cm³/mol. The normalized spacial score (nSPS) is 15.0. The van der Waals surface area contributed by atoms with Crippen molar-refractivity contribution in [2.45, 2.75) is 0 Å². The number of nitrogens with two attached hydrogens (primary N) is 1. The number of benzene rings is 1. The largest absolute Gasteiger partial charge is 0.381 e. The minimum absolute atomic E-state index is 0.160. The molecule has 0 bridgehead atoms. The molecule has 0 saturated heterocycles. The first kappa shape index (κ1) is 17.6. The number of hydrogen-bond acceptors (Lipinski definition) is 5. The maximum absolute atomic E-state index is 6.38. The maximum atomic E-state index is 6.38. The van der Waals surface area contributed by atoms with Crippen LogP contribution in [-0.4, -0.2) is 16.5 Å². The minimum Gasteiger partial charge on any atom is -0.381 e. The molecule has 9 heteroatoms. The van der Waals surface area contributed by atoms with Crippen molar-refractivity contribution in [3.8, 4) is 0 Å². The number of nitrogens with zero attached hydrogens (tertiary/aromatic N) is 3. The topological polar surface area (TPSA) is 63.6 Å². The van der Waals surface area contributed by atoms with Gasteiger partial charge in [-0.05, 0) is 29.8 Å². The summed E-state index contributed by atoms with van der Waals surface area (Å²) in [6.45, 7) is 0. The average Bonchev–Trinajstić information content (AvgIpc) is 2.67. The standard InChI is InChI=1S/C15H8Cl4N4S/c16-8-5-9(17)11(10(18)6-8)12-15(20)23-24-13(14(19)22-12)7-1-3-21-4-2-7/h1-6H,(H2,20,23). The lowest BCUT2D eigenvalue weighted by atomic mass is 10.1. The zero-order valence-corrected chi connectivity index (χ0v) is 15.6. The van der Waals surface area contributed by atoms with Gasteiger partial charge in [0.25, 0.3) is 0 Å². The predicted octanol–water partition coefficient (Wildman–Crippen LogP) is 5.42. The summed E-state index contributed by atoms with van der Waals surface area (Å²) in [6.07, 6.45) is 3.31. The van der Waals surface area contributed by atoms with E-state index in [-0.39, 0.29) is 11.0 Å². The maximum Gasteiger partial charge on any atom is 0.158 e. The number of halogens is 4. The van der Waals surface area contributed by atoms with E-state index in [0.29, 0.717) is 31.2 Å². The second-order valence-corrected chi connectivity index (χ2v) is 7.01. The van der Waals surface area contributed by atoms with Gasteiger partial charge in [0.1, 0.15) is 10.9 Å². The van der Waals surface area contributed by atoms with Crippen LogP contribution in [-0.2, 0) is 0 Å². The van der Waals surface area contributed by atoms with Gasteiger partial charge in [0.05, 0.1) is 15.0 Å². The second kappa shape index (κ2) is 7.33. The van der Waals surface area contributed by atoms with Gasteiger partial charge in [-0.25, -0.2) is 4.99 Å². The first-order valence-electron chi connectivity index (χ1n) is 6.52. The third kappa shape index (κ3) is 3.55. The van der Waals surface area contributed by atoms with Gasteiger partial charge in [-0.15, -0.1) is 0 Å². The molecule has 1 aliphatic heterocycles. The number of amidine groups is 1. The molecule has 2 heterocycles. The molecular weight excluding hydrogens is 410 g/mol. The molecule has 2 N–H and O–H groups in total. The van der Waals surface area contributed by atoms with Gasteiger partial charge in [-0.3, -0.25) is 4.98 Å². The quantitative estimate of drug-likeness (QED) is 0.524. The molecule has 1 aromatic heterocycles. The molecule has 0 aliphatic carbocycles. The highest BCUT2D eigenvalue weighted by Gasteiger charge is 2.22. The molecule has 3 rings (SSSR count). The van der Waals surface area contributed by atoms with E-state index in [1.54, 1.807) is 36.7 Å². The molecule has 0 amide bonds. The minimum atomic E-state index is 0.160. The van der Waals surface area contributed by atoms with Crippen LogP contribution in [0.2, 0.25) is 15.1 Å². The van der Waals surface area contributed by atoms with E-state index in [1.807, 2.05) is 0 Å². The van der Waals surface area contributed by atoms with E-state index in [9.17, 15) is 0 Å². The van der Waals surface area contributed by atoms with Gasteiger partial charge in [-0.2, -0.15) is 4.40 Å². The molecule has 0 radical (unpaired) electrons.